The quantitative estimate of drug-likeness (QED) is 0.842. The van der Waals surface area contributed by atoms with E-state index in [9.17, 15) is 9.59 Å². The van der Waals surface area contributed by atoms with Gasteiger partial charge in [-0.1, -0.05) is 0 Å². The molecule has 0 spiro atoms. The maximum atomic E-state index is 12.0. The van der Waals surface area contributed by atoms with Crippen molar-refractivity contribution >= 4 is 29.7 Å². The second-order valence-corrected chi connectivity index (χ2v) is 5.11. The molecule has 1 aromatic carbocycles. The van der Waals surface area contributed by atoms with E-state index in [0.29, 0.717) is 13.0 Å². The number of anilines is 2. The van der Waals surface area contributed by atoms with Crippen molar-refractivity contribution in [3.8, 4) is 0 Å². The number of nitrogens with zero attached hydrogens (tertiary/aromatic N) is 3. The van der Waals surface area contributed by atoms with E-state index >= 15 is 0 Å². The maximum absolute atomic E-state index is 12.0. The molecule has 0 radical (unpaired) electrons. The first-order chi connectivity index (χ1) is 9.56. The standard InChI is InChI=1S/C14H16N4O2/c1-9-5-13(19)18(8-16-9)11-3-4-12-10(6-11)7-15-14(20)17(12)2/h3-4,6,8-9H,5,7H2,1-2H3,(H,15,20). The van der Waals surface area contributed by atoms with Gasteiger partial charge in [-0.3, -0.25) is 19.6 Å². The Balaban J connectivity index is 1.95. The summed E-state index contributed by atoms with van der Waals surface area (Å²) in [6, 6.07) is 5.55. The van der Waals surface area contributed by atoms with Gasteiger partial charge in [-0.2, -0.15) is 0 Å². The number of amides is 3. The number of urea groups is 1. The molecular formula is C14H16N4O2. The molecule has 6 heteroatoms. The van der Waals surface area contributed by atoms with Gasteiger partial charge in [0.05, 0.1) is 23.8 Å². The fourth-order valence-electron chi connectivity index (χ4n) is 2.45. The number of hydrogen-bond donors (Lipinski definition) is 1. The SMILES string of the molecule is CC1CC(=O)N(c2ccc3c(c2)CNC(=O)N3C)C=N1. The molecule has 0 bridgehead atoms. The molecule has 0 aliphatic carbocycles. The van der Waals surface area contributed by atoms with Gasteiger partial charge in [-0.25, -0.2) is 4.79 Å². The molecule has 2 aliphatic rings. The van der Waals surface area contributed by atoms with Gasteiger partial charge in [0.1, 0.15) is 0 Å². The summed E-state index contributed by atoms with van der Waals surface area (Å²) in [5.74, 6) is 0.0423. The Hall–Kier alpha value is -2.37. The maximum Gasteiger partial charge on any atom is 0.321 e. The van der Waals surface area contributed by atoms with E-state index in [1.165, 1.54) is 0 Å². The van der Waals surface area contributed by atoms with Crippen LogP contribution in [0.3, 0.4) is 0 Å². The molecule has 0 saturated heterocycles. The Morgan fingerprint density at radius 1 is 1.35 bits per heavy atom. The van der Waals surface area contributed by atoms with E-state index in [1.54, 1.807) is 23.2 Å². The van der Waals surface area contributed by atoms with Crippen molar-refractivity contribution in [1.29, 1.82) is 0 Å². The Labute approximate surface area is 117 Å². The van der Waals surface area contributed by atoms with Crippen LogP contribution in [0.25, 0.3) is 0 Å². The largest absolute Gasteiger partial charge is 0.334 e. The highest BCUT2D eigenvalue weighted by Crippen LogP contribution is 2.28. The molecule has 0 fully saturated rings. The van der Waals surface area contributed by atoms with Crippen LogP contribution in [0.1, 0.15) is 18.9 Å². The molecule has 3 rings (SSSR count). The predicted molar refractivity (Wildman–Crippen MR) is 77.1 cm³/mol. The molecule has 1 atom stereocenters. The highest BCUT2D eigenvalue weighted by molar-refractivity contribution is 6.10. The van der Waals surface area contributed by atoms with E-state index in [0.717, 1.165) is 16.9 Å². The van der Waals surface area contributed by atoms with Crippen LogP contribution in [-0.4, -0.2) is 31.4 Å². The molecular weight excluding hydrogens is 256 g/mol. The van der Waals surface area contributed by atoms with Gasteiger partial charge >= 0.3 is 6.03 Å². The number of carbonyl (C=O) groups is 2. The highest BCUT2D eigenvalue weighted by Gasteiger charge is 2.24. The minimum atomic E-state index is -0.116. The van der Waals surface area contributed by atoms with Crippen molar-refractivity contribution in [3.05, 3.63) is 23.8 Å². The monoisotopic (exact) mass is 272 g/mol. The number of fused-ring (bicyclic) bond motifs is 1. The van der Waals surface area contributed by atoms with Gasteiger partial charge < -0.3 is 5.32 Å². The van der Waals surface area contributed by atoms with E-state index < -0.39 is 0 Å². The van der Waals surface area contributed by atoms with Crippen molar-refractivity contribution in [1.82, 2.24) is 5.32 Å². The molecule has 1 N–H and O–H groups in total. The lowest BCUT2D eigenvalue weighted by molar-refractivity contribution is -0.118. The summed E-state index contributed by atoms with van der Waals surface area (Å²) >= 11 is 0. The number of rotatable bonds is 1. The average Bonchev–Trinajstić information content (AvgIpc) is 2.43. The Morgan fingerprint density at radius 3 is 2.90 bits per heavy atom. The van der Waals surface area contributed by atoms with E-state index in [2.05, 4.69) is 10.3 Å². The number of benzene rings is 1. The van der Waals surface area contributed by atoms with Gasteiger partial charge in [0.2, 0.25) is 5.91 Å². The molecule has 0 aromatic heterocycles. The number of aliphatic imine (C=N–C) groups is 1. The summed E-state index contributed by atoms with van der Waals surface area (Å²) < 4.78 is 0. The van der Waals surface area contributed by atoms with Gasteiger partial charge in [0.15, 0.2) is 0 Å². The van der Waals surface area contributed by atoms with Crippen molar-refractivity contribution < 1.29 is 9.59 Å². The molecule has 20 heavy (non-hydrogen) atoms. The second-order valence-electron chi connectivity index (χ2n) is 5.11. The number of nitrogens with one attached hydrogen (secondary N) is 1. The lowest BCUT2D eigenvalue weighted by Crippen LogP contribution is -2.42. The minimum absolute atomic E-state index is 0.0423. The first-order valence-electron chi connectivity index (χ1n) is 6.56. The fraction of sp³-hybridized carbons (Fsp3) is 0.357. The highest BCUT2D eigenvalue weighted by atomic mass is 16.2. The van der Waals surface area contributed by atoms with Crippen molar-refractivity contribution in [2.45, 2.75) is 25.9 Å². The number of hydrogen-bond acceptors (Lipinski definition) is 3. The zero-order chi connectivity index (χ0) is 14.3. The lowest BCUT2D eigenvalue weighted by Gasteiger charge is -2.29. The molecule has 1 aromatic rings. The van der Waals surface area contributed by atoms with Crippen LogP contribution in [-0.2, 0) is 11.3 Å². The van der Waals surface area contributed by atoms with Crippen molar-refractivity contribution in [2.75, 3.05) is 16.8 Å². The smallest absolute Gasteiger partial charge is 0.321 e. The van der Waals surface area contributed by atoms with Crippen molar-refractivity contribution in [3.63, 3.8) is 0 Å². The Morgan fingerprint density at radius 2 is 2.15 bits per heavy atom. The molecule has 104 valence electrons. The predicted octanol–water partition coefficient (Wildman–Crippen LogP) is 1.50. The van der Waals surface area contributed by atoms with Crippen LogP contribution >= 0.6 is 0 Å². The third kappa shape index (κ3) is 2.03. The third-order valence-electron chi connectivity index (χ3n) is 3.61. The fourth-order valence-corrected chi connectivity index (χ4v) is 2.45. The second kappa shape index (κ2) is 4.63. The third-order valence-corrected chi connectivity index (χ3v) is 3.61. The normalized spacial score (nSPS) is 21.8. The summed E-state index contributed by atoms with van der Waals surface area (Å²) in [7, 11) is 1.72. The zero-order valence-corrected chi connectivity index (χ0v) is 11.5. The van der Waals surface area contributed by atoms with Crippen LogP contribution in [0.4, 0.5) is 16.2 Å². The van der Waals surface area contributed by atoms with Gasteiger partial charge in [-0.15, -0.1) is 0 Å². The van der Waals surface area contributed by atoms with E-state index in [-0.39, 0.29) is 18.0 Å². The molecule has 2 aliphatic heterocycles. The summed E-state index contributed by atoms with van der Waals surface area (Å²) in [6.45, 7) is 2.39. The van der Waals surface area contributed by atoms with Crippen LogP contribution in [0, 0.1) is 0 Å². The van der Waals surface area contributed by atoms with Gasteiger partial charge in [-0.05, 0) is 30.7 Å². The van der Waals surface area contributed by atoms with Crippen LogP contribution in [0.2, 0.25) is 0 Å². The Kier molecular flexibility index (Phi) is 2.93. The van der Waals surface area contributed by atoms with Crippen molar-refractivity contribution in [2.24, 2.45) is 4.99 Å². The first-order valence-corrected chi connectivity index (χ1v) is 6.56. The van der Waals surface area contributed by atoms with E-state index in [4.69, 9.17) is 0 Å². The molecule has 1 unspecified atom stereocenters. The topological polar surface area (TPSA) is 65.0 Å². The summed E-state index contributed by atoms with van der Waals surface area (Å²) in [6.07, 6.45) is 2.01. The van der Waals surface area contributed by atoms with Crippen LogP contribution in [0.15, 0.2) is 23.2 Å². The molecule has 0 saturated carbocycles. The summed E-state index contributed by atoms with van der Waals surface area (Å²) in [5.41, 5.74) is 2.64. The number of carbonyl (C=O) groups excluding carboxylic acids is 2. The Bertz CT molecular complexity index is 611. The van der Waals surface area contributed by atoms with Gasteiger partial charge in [0, 0.05) is 20.0 Å². The lowest BCUT2D eigenvalue weighted by atomic mass is 10.1. The molecule has 6 nitrogen and oxygen atoms in total. The van der Waals surface area contributed by atoms with E-state index in [1.807, 2.05) is 25.1 Å². The summed E-state index contributed by atoms with van der Waals surface area (Å²) in [4.78, 5) is 31.0. The molecule has 2 heterocycles. The first kappa shape index (κ1) is 12.7. The average molecular weight is 272 g/mol. The summed E-state index contributed by atoms with van der Waals surface area (Å²) in [5, 5.41) is 2.79. The van der Waals surface area contributed by atoms with Crippen LogP contribution < -0.4 is 15.1 Å². The minimum Gasteiger partial charge on any atom is -0.334 e. The molecule has 3 amide bonds. The van der Waals surface area contributed by atoms with Gasteiger partial charge in [0.25, 0.3) is 0 Å². The zero-order valence-electron chi connectivity index (χ0n) is 11.5. The van der Waals surface area contributed by atoms with Crippen LogP contribution in [0.5, 0.6) is 0 Å².